The zero-order valence-electron chi connectivity index (χ0n) is 10.7. The van der Waals surface area contributed by atoms with Crippen LogP contribution in [0.25, 0.3) is 0 Å². The molecule has 1 heterocycles. The minimum atomic E-state index is -2.89. The minimum Gasteiger partial charge on any atom is -0.493 e. The van der Waals surface area contributed by atoms with Crippen LogP contribution in [0.15, 0.2) is 18.2 Å². The summed E-state index contributed by atoms with van der Waals surface area (Å²) in [5, 5.41) is 9.48. The zero-order chi connectivity index (χ0) is 13.8. The lowest BCUT2D eigenvalue weighted by atomic mass is 10.1. The monoisotopic (exact) mass is 273 g/mol. The Balaban J connectivity index is 2.18. The highest BCUT2D eigenvalue weighted by molar-refractivity contribution is 5.46. The number of halogens is 2. The SMILES string of the molecule is COc1cccc(CN2CC[C@@H](O)C2)c1OC(F)F. The van der Waals surface area contributed by atoms with E-state index < -0.39 is 6.61 Å². The van der Waals surface area contributed by atoms with Crippen LogP contribution >= 0.6 is 0 Å². The van der Waals surface area contributed by atoms with Gasteiger partial charge in [0.25, 0.3) is 0 Å². The number of methoxy groups -OCH3 is 1. The number of para-hydroxylation sites is 1. The molecule has 1 N–H and O–H groups in total. The number of hydrogen-bond acceptors (Lipinski definition) is 4. The third-order valence-corrected chi connectivity index (χ3v) is 3.13. The van der Waals surface area contributed by atoms with Crippen molar-refractivity contribution < 1.29 is 23.4 Å². The Morgan fingerprint density at radius 1 is 1.47 bits per heavy atom. The molecule has 0 radical (unpaired) electrons. The molecule has 1 atom stereocenters. The van der Waals surface area contributed by atoms with Gasteiger partial charge in [-0.05, 0) is 12.5 Å². The summed E-state index contributed by atoms with van der Waals surface area (Å²) < 4.78 is 34.5. The fourth-order valence-corrected chi connectivity index (χ4v) is 2.27. The number of benzene rings is 1. The molecule has 0 aromatic heterocycles. The predicted octanol–water partition coefficient (Wildman–Crippen LogP) is 1.86. The standard InChI is InChI=1S/C13H17F2NO3/c1-18-11-4-2-3-9(12(11)19-13(14)15)7-16-6-5-10(17)8-16/h2-4,10,13,17H,5-8H2,1H3/t10-/m1/s1. The van der Waals surface area contributed by atoms with Crippen LogP contribution in [0.5, 0.6) is 11.5 Å². The zero-order valence-corrected chi connectivity index (χ0v) is 10.7. The van der Waals surface area contributed by atoms with Gasteiger partial charge in [0.05, 0.1) is 13.2 Å². The number of alkyl halides is 2. The Kier molecular flexibility index (Phi) is 4.55. The van der Waals surface area contributed by atoms with Gasteiger partial charge in [-0.1, -0.05) is 12.1 Å². The molecular formula is C13H17F2NO3. The van der Waals surface area contributed by atoms with E-state index in [0.29, 0.717) is 25.1 Å². The van der Waals surface area contributed by atoms with Gasteiger partial charge in [-0.2, -0.15) is 8.78 Å². The van der Waals surface area contributed by atoms with Gasteiger partial charge < -0.3 is 14.6 Å². The number of likely N-dealkylation sites (tertiary alicyclic amines) is 1. The van der Waals surface area contributed by atoms with Crippen molar-refractivity contribution in [1.29, 1.82) is 0 Å². The minimum absolute atomic E-state index is 0.0707. The first-order valence-corrected chi connectivity index (χ1v) is 6.11. The molecule has 6 heteroatoms. The molecule has 1 aliphatic heterocycles. The number of aliphatic hydroxyl groups excluding tert-OH is 1. The van der Waals surface area contributed by atoms with Crippen molar-refractivity contribution in [2.45, 2.75) is 25.7 Å². The fraction of sp³-hybridized carbons (Fsp3) is 0.538. The predicted molar refractivity (Wildman–Crippen MR) is 65.5 cm³/mol. The number of nitrogens with zero attached hydrogens (tertiary/aromatic N) is 1. The Hall–Kier alpha value is -1.40. The molecule has 2 rings (SSSR count). The Morgan fingerprint density at radius 3 is 2.84 bits per heavy atom. The van der Waals surface area contributed by atoms with Crippen molar-refractivity contribution in [1.82, 2.24) is 4.90 Å². The molecule has 1 saturated heterocycles. The number of aliphatic hydroxyl groups is 1. The van der Waals surface area contributed by atoms with Crippen molar-refractivity contribution >= 4 is 0 Å². The first-order chi connectivity index (χ1) is 9.10. The third-order valence-electron chi connectivity index (χ3n) is 3.13. The van der Waals surface area contributed by atoms with Crippen LogP contribution in [0.4, 0.5) is 8.78 Å². The molecule has 0 aliphatic carbocycles. The molecule has 1 aromatic rings. The van der Waals surface area contributed by atoms with Crippen LogP contribution in [0.2, 0.25) is 0 Å². The number of hydrogen-bond donors (Lipinski definition) is 1. The van der Waals surface area contributed by atoms with Crippen molar-refractivity contribution in [3.8, 4) is 11.5 Å². The van der Waals surface area contributed by atoms with E-state index in [2.05, 4.69) is 4.74 Å². The van der Waals surface area contributed by atoms with E-state index >= 15 is 0 Å². The molecule has 1 aromatic carbocycles. The molecular weight excluding hydrogens is 256 g/mol. The van der Waals surface area contributed by atoms with Crippen molar-refractivity contribution in [3.63, 3.8) is 0 Å². The van der Waals surface area contributed by atoms with Crippen LogP contribution in [0.3, 0.4) is 0 Å². The summed E-state index contributed by atoms with van der Waals surface area (Å²) in [7, 11) is 1.41. The highest BCUT2D eigenvalue weighted by Gasteiger charge is 2.23. The van der Waals surface area contributed by atoms with Crippen LogP contribution < -0.4 is 9.47 Å². The van der Waals surface area contributed by atoms with Gasteiger partial charge >= 0.3 is 6.61 Å². The molecule has 0 spiro atoms. The van der Waals surface area contributed by atoms with Gasteiger partial charge in [-0.15, -0.1) is 0 Å². The van der Waals surface area contributed by atoms with E-state index in [1.54, 1.807) is 18.2 Å². The largest absolute Gasteiger partial charge is 0.493 e. The summed E-state index contributed by atoms with van der Waals surface area (Å²) in [5.74, 6) is 0.360. The van der Waals surface area contributed by atoms with Crippen LogP contribution in [-0.4, -0.2) is 42.9 Å². The second-order valence-corrected chi connectivity index (χ2v) is 4.50. The molecule has 0 bridgehead atoms. The average molecular weight is 273 g/mol. The quantitative estimate of drug-likeness (QED) is 0.889. The molecule has 1 fully saturated rings. The number of ether oxygens (including phenoxy) is 2. The Morgan fingerprint density at radius 2 is 2.26 bits per heavy atom. The van der Waals surface area contributed by atoms with Gasteiger partial charge in [0.2, 0.25) is 0 Å². The number of β-amino-alcohol motifs (C(OH)–C–C–N with tert-alkyl or cyclic N) is 1. The van der Waals surface area contributed by atoms with E-state index in [9.17, 15) is 13.9 Å². The van der Waals surface area contributed by atoms with Gasteiger partial charge in [0.15, 0.2) is 11.5 Å². The van der Waals surface area contributed by atoms with Crippen molar-refractivity contribution in [2.24, 2.45) is 0 Å². The van der Waals surface area contributed by atoms with Gasteiger partial charge in [-0.3, -0.25) is 4.90 Å². The van der Waals surface area contributed by atoms with E-state index in [4.69, 9.17) is 4.74 Å². The van der Waals surface area contributed by atoms with E-state index in [1.807, 2.05) is 4.90 Å². The van der Waals surface area contributed by atoms with Gasteiger partial charge in [0, 0.05) is 25.2 Å². The van der Waals surface area contributed by atoms with Crippen molar-refractivity contribution in [3.05, 3.63) is 23.8 Å². The molecule has 0 amide bonds. The fourth-order valence-electron chi connectivity index (χ4n) is 2.27. The topological polar surface area (TPSA) is 41.9 Å². The van der Waals surface area contributed by atoms with Crippen molar-refractivity contribution in [2.75, 3.05) is 20.2 Å². The highest BCUT2D eigenvalue weighted by atomic mass is 19.3. The lowest BCUT2D eigenvalue weighted by Gasteiger charge is -2.19. The first kappa shape index (κ1) is 14.0. The summed E-state index contributed by atoms with van der Waals surface area (Å²) in [5.41, 5.74) is 0.633. The average Bonchev–Trinajstić information content (AvgIpc) is 2.76. The molecule has 4 nitrogen and oxygen atoms in total. The lowest BCUT2D eigenvalue weighted by Crippen LogP contribution is -2.22. The second kappa shape index (κ2) is 6.16. The van der Waals surface area contributed by atoms with Crippen LogP contribution in [0, 0.1) is 0 Å². The van der Waals surface area contributed by atoms with Gasteiger partial charge in [-0.25, -0.2) is 0 Å². The molecule has 0 saturated carbocycles. The maximum atomic E-state index is 12.5. The highest BCUT2D eigenvalue weighted by Crippen LogP contribution is 2.33. The summed E-state index contributed by atoms with van der Waals surface area (Å²) in [4.78, 5) is 2.00. The van der Waals surface area contributed by atoms with E-state index in [1.165, 1.54) is 7.11 Å². The molecule has 0 unspecified atom stereocenters. The maximum absolute atomic E-state index is 12.5. The Labute approximate surface area is 110 Å². The van der Waals surface area contributed by atoms with Gasteiger partial charge in [0.1, 0.15) is 0 Å². The van der Waals surface area contributed by atoms with E-state index in [0.717, 1.165) is 6.54 Å². The summed E-state index contributed by atoms with van der Waals surface area (Å²) in [6, 6.07) is 5.05. The second-order valence-electron chi connectivity index (χ2n) is 4.50. The maximum Gasteiger partial charge on any atom is 0.387 e. The van der Waals surface area contributed by atoms with Crippen LogP contribution in [-0.2, 0) is 6.54 Å². The third kappa shape index (κ3) is 3.54. The Bertz CT molecular complexity index is 428. The summed E-state index contributed by atoms with van der Waals surface area (Å²) >= 11 is 0. The van der Waals surface area contributed by atoms with E-state index in [-0.39, 0.29) is 17.6 Å². The molecule has 1 aliphatic rings. The molecule has 106 valence electrons. The number of rotatable bonds is 5. The summed E-state index contributed by atoms with van der Waals surface area (Å²) in [6.07, 6.45) is 0.361. The normalized spacial score (nSPS) is 19.9. The smallest absolute Gasteiger partial charge is 0.387 e. The van der Waals surface area contributed by atoms with Crippen LogP contribution in [0.1, 0.15) is 12.0 Å². The summed E-state index contributed by atoms with van der Waals surface area (Å²) in [6.45, 7) is -1.15. The lowest BCUT2D eigenvalue weighted by molar-refractivity contribution is -0.0521. The molecule has 19 heavy (non-hydrogen) atoms. The first-order valence-electron chi connectivity index (χ1n) is 6.11.